The Balaban J connectivity index is 4.42. The number of guanidine groups is 2. The zero-order chi connectivity index (χ0) is 35.5. The second kappa shape index (κ2) is 27.4. The number of nitrogens with one attached hydrogen (secondary N) is 4. The number of unbranched alkanes of at least 4 members (excludes halogenated alkanes) is 4. The number of likely N-dealkylation sites (N-methyl/N-ethyl adjacent to an activating group) is 1. The zero-order valence-corrected chi connectivity index (χ0v) is 28.9. The first-order valence-corrected chi connectivity index (χ1v) is 17.0. The summed E-state index contributed by atoms with van der Waals surface area (Å²) < 4.78 is 0. The summed E-state index contributed by atoms with van der Waals surface area (Å²) in [7, 11) is 1.73. The highest BCUT2D eigenvalue weighted by atomic mass is 16.2. The number of carbonyl (C=O) groups is 5. The van der Waals surface area contributed by atoms with Crippen molar-refractivity contribution in [3.8, 4) is 0 Å². The summed E-state index contributed by atoms with van der Waals surface area (Å²) in [6.07, 6.45) is 8.67. The van der Waals surface area contributed by atoms with E-state index >= 15 is 0 Å². The number of aliphatic imine (C=N–C) groups is 2. The van der Waals surface area contributed by atoms with Crippen LogP contribution in [-0.4, -0.2) is 86.5 Å². The molecular weight excluding hydrogens is 604 g/mol. The predicted octanol–water partition coefficient (Wildman–Crippen LogP) is 0.484. The van der Waals surface area contributed by atoms with Gasteiger partial charge in [0.2, 0.25) is 17.7 Å². The number of rotatable bonds is 29. The molecular formula is C32H62N10O5. The third kappa shape index (κ3) is 25.1. The van der Waals surface area contributed by atoms with E-state index in [2.05, 4.69) is 31.3 Å². The van der Waals surface area contributed by atoms with Crippen LogP contribution in [0.15, 0.2) is 9.98 Å². The average Bonchev–Trinajstić information content (AvgIpc) is 3.01. The molecule has 0 bridgehead atoms. The standard InChI is InChI=1S/C32H62N10O5/c1-23(2)27(44)17-10-14-24(43)13-6-4-8-20-39-30(47)26(16-12-22-41-32(35)36)42-28(45)18-7-5-9-19-38-29(46)25(37-3)15-11-21-40-31(33)34/h23,25-26,37H,4-22H2,1-3H3,(H,38,46)(H,39,47)(H,42,45)(H4,33,34,40)(H4,35,36,41). The number of nitrogens with zero attached hydrogens (tertiary/aromatic N) is 2. The number of nitrogens with two attached hydrogens (primary N) is 4. The van der Waals surface area contributed by atoms with Gasteiger partial charge in [-0.05, 0) is 64.8 Å². The van der Waals surface area contributed by atoms with Gasteiger partial charge in [0.1, 0.15) is 17.6 Å². The Morgan fingerprint density at radius 3 is 1.60 bits per heavy atom. The lowest BCUT2D eigenvalue weighted by Gasteiger charge is -2.18. The molecule has 15 heteroatoms. The van der Waals surface area contributed by atoms with Crippen LogP contribution in [0.5, 0.6) is 0 Å². The Kier molecular flexibility index (Phi) is 25.2. The van der Waals surface area contributed by atoms with Crippen molar-refractivity contribution in [2.45, 2.75) is 122 Å². The maximum Gasteiger partial charge on any atom is 0.242 e. The quantitative estimate of drug-likeness (QED) is 0.0311. The lowest BCUT2D eigenvalue weighted by Crippen LogP contribution is -2.47. The number of ketones is 2. The van der Waals surface area contributed by atoms with E-state index in [9.17, 15) is 24.0 Å². The maximum absolute atomic E-state index is 12.9. The van der Waals surface area contributed by atoms with Gasteiger partial charge in [0.05, 0.1) is 6.04 Å². The van der Waals surface area contributed by atoms with E-state index in [1.165, 1.54) is 0 Å². The molecule has 0 spiro atoms. The Hall–Kier alpha value is -3.75. The first kappa shape index (κ1) is 43.2. The highest BCUT2D eigenvalue weighted by Gasteiger charge is 2.20. The fourth-order valence-corrected chi connectivity index (χ4v) is 4.70. The Morgan fingerprint density at radius 1 is 0.596 bits per heavy atom. The third-order valence-corrected chi connectivity index (χ3v) is 7.54. The second-order valence-corrected chi connectivity index (χ2v) is 12.1. The molecule has 0 aliphatic heterocycles. The molecule has 0 radical (unpaired) electrons. The molecule has 0 aliphatic rings. The second-order valence-electron chi connectivity index (χ2n) is 12.1. The number of amides is 3. The van der Waals surface area contributed by atoms with Crippen LogP contribution in [0.2, 0.25) is 0 Å². The van der Waals surface area contributed by atoms with Crippen molar-refractivity contribution in [2.24, 2.45) is 38.8 Å². The summed E-state index contributed by atoms with van der Waals surface area (Å²) in [6.45, 7) is 5.47. The normalized spacial score (nSPS) is 12.1. The van der Waals surface area contributed by atoms with Crippen molar-refractivity contribution in [2.75, 3.05) is 33.2 Å². The van der Waals surface area contributed by atoms with Crippen LogP contribution in [0.4, 0.5) is 0 Å². The summed E-state index contributed by atoms with van der Waals surface area (Å²) in [5.41, 5.74) is 21.4. The molecule has 0 aromatic heterocycles. The maximum atomic E-state index is 12.9. The van der Waals surface area contributed by atoms with Crippen molar-refractivity contribution >= 4 is 41.2 Å². The van der Waals surface area contributed by atoms with E-state index in [1.807, 2.05) is 13.8 Å². The van der Waals surface area contributed by atoms with Crippen molar-refractivity contribution in [1.29, 1.82) is 0 Å². The van der Waals surface area contributed by atoms with Crippen LogP contribution >= 0.6 is 0 Å². The van der Waals surface area contributed by atoms with Crippen molar-refractivity contribution in [1.82, 2.24) is 21.3 Å². The summed E-state index contributed by atoms with van der Waals surface area (Å²) in [5, 5.41) is 11.6. The molecule has 2 unspecified atom stereocenters. The van der Waals surface area contributed by atoms with Crippen LogP contribution in [-0.2, 0) is 24.0 Å². The van der Waals surface area contributed by atoms with Crippen LogP contribution in [0.25, 0.3) is 0 Å². The monoisotopic (exact) mass is 666 g/mol. The average molecular weight is 667 g/mol. The van der Waals surface area contributed by atoms with Gasteiger partial charge in [0, 0.05) is 57.8 Å². The van der Waals surface area contributed by atoms with Gasteiger partial charge in [-0.25, -0.2) is 0 Å². The summed E-state index contributed by atoms with van der Waals surface area (Å²) >= 11 is 0. The van der Waals surface area contributed by atoms with Crippen molar-refractivity contribution in [3.63, 3.8) is 0 Å². The largest absolute Gasteiger partial charge is 0.370 e. The van der Waals surface area contributed by atoms with Crippen LogP contribution < -0.4 is 44.2 Å². The minimum Gasteiger partial charge on any atom is -0.370 e. The Labute approximate surface area is 280 Å². The van der Waals surface area contributed by atoms with Gasteiger partial charge in [0.25, 0.3) is 0 Å². The van der Waals surface area contributed by atoms with Crippen LogP contribution in [0.3, 0.4) is 0 Å². The molecule has 0 aliphatic carbocycles. The summed E-state index contributed by atoms with van der Waals surface area (Å²) in [5.74, 6) is -0.235. The molecule has 47 heavy (non-hydrogen) atoms. The van der Waals surface area contributed by atoms with E-state index in [0.717, 1.165) is 25.7 Å². The van der Waals surface area contributed by atoms with E-state index in [4.69, 9.17) is 22.9 Å². The van der Waals surface area contributed by atoms with E-state index in [1.54, 1.807) is 7.05 Å². The lowest BCUT2D eigenvalue weighted by atomic mass is 10.0. The molecule has 0 rings (SSSR count). The van der Waals surface area contributed by atoms with E-state index < -0.39 is 6.04 Å². The Bertz CT molecular complexity index is 995. The minimum absolute atomic E-state index is 0.00170. The van der Waals surface area contributed by atoms with Gasteiger partial charge < -0.3 is 44.2 Å². The zero-order valence-electron chi connectivity index (χ0n) is 28.9. The summed E-state index contributed by atoms with van der Waals surface area (Å²) in [4.78, 5) is 69.5. The van der Waals surface area contributed by atoms with Crippen LogP contribution in [0.1, 0.15) is 110 Å². The van der Waals surface area contributed by atoms with E-state index in [-0.39, 0.29) is 59.6 Å². The smallest absolute Gasteiger partial charge is 0.242 e. The van der Waals surface area contributed by atoms with Crippen molar-refractivity contribution < 1.29 is 24.0 Å². The van der Waals surface area contributed by atoms with E-state index in [0.29, 0.717) is 90.4 Å². The molecule has 270 valence electrons. The Morgan fingerprint density at radius 2 is 1.09 bits per heavy atom. The number of hydrogen-bond donors (Lipinski definition) is 8. The van der Waals surface area contributed by atoms with Gasteiger partial charge in [-0.1, -0.05) is 26.7 Å². The minimum atomic E-state index is -0.712. The molecule has 3 amide bonds. The van der Waals surface area contributed by atoms with Gasteiger partial charge in [-0.15, -0.1) is 0 Å². The van der Waals surface area contributed by atoms with Gasteiger partial charge >= 0.3 is 0 Å². The number of carbonyl (C=O) groups excluding carboxylic acids is 5. The SMILES string of the molecule is CNC(CCCN=C(N)N)C(=O)NCCCCCC(=O)NC(CCCN=C(N)N)C(=O)NCCCCCC(=O)CCCC(=O)C(C)C. The molecule has 15 nitrogen and oxygen atoms in total. The highest BCUT2D eigenvalue weighted by molar-refractivity contribution is 5.87. The summed E-state index contributed by atoms with van der Waals surface area (Å²) in [6, 6.07) is -1.05. The third-order valence-electron chi connectivity index (χ3n) is 7.54. The molecule has 0 fully saturated rings. The predicted molar refractivity (Wildman–Crippen MR) is 186 cm³/mol. The topological polar surface area (TPSA) is 262 Å². The molecule has 0 saturated carbocycles. The number of hydrogen-bond acceptors (Lipinski definition) is 8. The van der Waals surface area contributed by atoms with Crippen molar-refractivity contribution in [3.05, 3.63) is 0 Å². The lowest BCUT2D eigenvalue weighted by molar-refractivity contribution is -0.129. The molecule has 2 atom stereocenters. The first-order chi connectivity index (χ1) is 22.4. The van der Waals surface area contributed by atoms with Gasteiger partial charge in [0.15, 0.2) is 11.9 Å². The number of Topliss-reactive ketones (excluding diaryl/α,β-unsaturated/α-hetero) is 2. The first-order valence-electron chi connectivity index (χ1n) is 17.0. The molecule has 0 aromatic carbocycles. The fraction of sp³-hybridized carbons (Fsp3) is 0.781. The van der Waals surface area contributed by atoms with Gasteiger partial charge in [-0.3, -0.25) is 34.0 Å². The highest BCUT2D eigenvalue weighted by Crippen LogP contribution is 2.09. The van der Waals surface area contributed by atoms with Gasteiger partial charge in [-0.2, -0.15) is 0 Å². The molecule has 0 heterocycles. The van der Waals surface area contributed by atoms with Crippen LogP contribution in [0, 0.1) is 5.92 Å². The molecule has 0 saturated heterocycles. The fourth-order valence-electron chi connectivity index (χ4n) is 4.70. The molecule has 12 N–H and O–H groups in total. The molecule has 0 aromatic rings.